The number of furan rings is 2. The zero-order valence-corrected chi connectivity index (χ0v) is 37.3. The van der Waals surface area contributed by atoms with E-state index >= 15 is 0 Å². The fraction of sp³-hybridized carbons (Fsp3) is 0.368. The number of carbonyl (C=O) groups is 8. The molecule has 0 spiro atoms. The Morgan fingerprint density at radius 1 is 0.672 bits per heavy atom. The van der Waals surface area contributed by atoms with Crippen LogP contribution in [0.15, 0.2) is 89.7 Å². The zero-order chi connectivity index (χ0) is 48.8. The van der Waals surface area contributed by atoms with E-state index in [9.17, 15) is 63.9 Å². The van der Waals surface area contributed by atoms with E-state index in [1.807, 2.05) is 0 Å². The van der Waals surface area contributed by atoms with Gasteiger partial charge in [0.05, 0.1) is 44.1 Å². The number of oxime groups is 2. The molecular weight excluding hydrogens is 955 g/mol. The molecule has 3 aliphatic rings. The van der Waals surface area contributed by atoms with Gasteiger partial charge in [0.15, 0.2) is 23.6 Å². The number of nitrogens with one attached hydrogen (secondary N) is 5. The third kappa shape index (κ3) is 13.0. The van der Waals surface area contributed by atoms with Crippen molar-refractivity contribution in [2.45, 2.75) is 34.6 Å². The number of amides is 2. The minimum atomic E-state index is -1.95. The number of ether oxygens (including phenoxy) is 2. The second-order valence-electron chi connectivity index (χ2n) is 13.5. The fourth-order valence-electron chi connectivity index (χ4n) is 6.03. The van der Waals surface area contributed by atoms with Crippen molar-refractivity contribution in [1.29, 1.82) is 0 Å². The third-order valence-electron chi connectivity index (χ3n) is 9.20. The molecule has 2 amide bonds. The second kappa shape index (κ2) is 24.1. The molecule has 10 N–H and O–H groups in total. The van der Waals surface area contributed by atoms with Crippen molar-refractivity contribution < 1.29 is 91.9 Å². The lowest BCUT2D eigenvalue weighted by atomic mass is 10.1. The average Bonchev–Trinajstić information content (AvgIpc) is 4.06. The summed E-state index contributed by atoms with van der Waals surface area (Å²) >= 11 is 2.74. The lowest BCUT2D eigenvalue weighted by molar-refractivity contribution is -0.160. The van der Waals surface area contributed by atoms with Crippen LogP contribution in [0.4, 0.5) is 0 Å². The molecule has 0 radical (unpaired) electrons. The largest absolute Gasteiger partial charge is 0.481 e. The van der Waals surface area contributed by atoms with Crippen LogP contribution in [0.3, 0.4) is 0 Å². The van der Waals surface area contributed by atoms with E-state index in [1.54, 1.807) is 0 Å². The van der Waals surface area contributed by atoms with Crippen LogP contribution in [0.25, 0.3) is 0 Å². The molecule has 29 heteroatoms. The number of hydrogen-bond donors (Lipinski definition) is 10. The Bertz CT molecular complexity index is 2380. The summed E-state index contributed by atoms with van der Waals surface area (Å²) in [5.41, 5.74) is -2.58. The van der Waals surface area contributed by atoms with Crippen LogP contribution in [-0.2, 0) is 57.5 Å². The average molecular weight is 996 g/mol. The van der Waals surface area contributed by atoms with Crippen molar-refractivity contribution in [3.05, 3.63) is 82.1 Å². The maximum atomic E-state index is 14.0. The molecule has 0 fully saturated rings. The van der Waals surface area contributed by atoms with Gasteiger partial charge in [0.25, 0.3) is 11.8 Å². The summed E-state index contributed by atoms with van der Waals surface area (Å²) in [5, 5.41) is 65.7. The predicted octanol–water partition coefficient (Wildman–Crippen LogP) is -2.33. The summed E-state index contributed by atoms with van der Waals surface area (Å²) in [7, 11) is 2.25. The first-order chi connectivity index (χ1) is 32.1. The molecule has 3 aliphatic heterocycles. The number of aliphatic hydroxyl groups excluding tert-OH is 3. The van der Waals surface area contributed by atoms with Gasteiger partial charge >= 0.3 is 35.8 Å². The molecule has 0 saturated heterocycles. The van der Waals surface area contributed by atoms with Crippen molar-refractivity contribution in [3.63, 3.8) is 0 Å². The van der Waals surface area contributed by atoms with E-state index in [2.05, 4.69) is 36.9 Å². The maximum absolute atomic E-state index is 14.0. The fourth-order valence-corrected chi connectivity index (χ4v) is 9.51. The van der Waals surface area contributed by atoms with Gasteiger partial charge in [-0.1, -0.05) is 10.3 Å². The molecule has 26 nitrogen and oxygen atoms in total. The van der Waals surface area contributed by atoms with Crippen molar-refractivity contribution >= 4 is 94.3 Å². The first kappa shape index (κ1) is 51.2. The van der Waals surface area contributed by atoms with Crippen LogP contribution >= 0.6 is 35.3 Å². The smallest absolute Gasteiger partial charge is 0.362 e. The minimum absolute atomic E-state index is 0.0147. The Morgan fingerprint density at radius 3 is 1.52 bits per heavy atom. The summed E-state index contributed by atoms with van der Waals surface area (Å²) < 4.78 is 20.8. The molecule has 5 atom stereocenters. The van der Waals surface area contributed by atoms with Crippen molar-refractivity contribution in [3.8, 4) is 0 Å². The van der Waals surface area contributed by atoms with Crippen LogP contribution in [0.1, 0.15) is 17.9 Å². The zero-order valence-electron chi connectivity index (χ0n) is 34.9. The molecule has 2 aromatic rings. The highest BCUT2D eigenvalue weighted by molar-refractivity contribution is 8.00. The number of thioether (sulfide) groups is 3. The van der Waals surface area contributed by atoms with Gasteiger partial charge in [0, 0.05) is 17.3 Å². The van der Waals surface area contributed by atoms with Gasteiger partial charge in [-0.3, -0.25) is 14.4 Å². The Labute approximate surface area is 389 Å². The number of aliphatic carboxylic acids is 2. The summed E-state index contributed by atoms with van der Waals surface area (Å²) in [6, 6.07) is 1.82. The normalized spacial score (nSPS) is 19.7. The highest BCUT2D eigenvalue weighted by atomic mass is 32.2. The lowest BCUT2D eigenvalue weighted by Gasteiger charge is -2.33. The topological polar surface area (TPSA) is 386 Å². The number of carboxylic acid groups (broad SMARTS) is 2. The molecule has 0 unspecified atom stereocenters. The van der Waals surface area contributed by atoms with Gasteiger partial charge in [-0.2, -0.15) is 0 Å². The van der Waals surface area contributed by atoms with Gasteiger partial charge < -0.3 is 80.1 Å². The van der Waals surface area contributed by atoms with Crippen molar-refractivity contribution in [1.82, 2.24) is 26.6 Å². The Balaban J connectivity index is 1.38. The van der Waals surface area contributed by atoms with Crippen molar-refractivity contribution in [2.75, 3.05) is 51.3 Å². The van der Waals surface area contributed by atoms with Gasteiger partial charge in [-0.05, 0) is 41.0 Å². The Hall–Kier alpha value is -6.79. The SMILES string of the molecule is CO/N=C(\C(=O)N[C@H](C(=O)O)[C@@H]1NC(C(=O)OC(=O)C2=C(CO)CS[C@H]([C@H](NC(=O)/C(=N\OC)c3ccco3)C(=O)OC(=O)C3=C(CO)CS[C@H](CC(=O)O)N3)N2)=C(CO)CS1)c1ccco1. The Kier molecular flexibility index (Phi) is 18.4. The van der Waals surface area contributed by atoms with E-state index in [1.165, 1.54) is 36.8 Å². The molecule has 5 heterocycles. The minimum Gasteiger partial charge on any atom is -0.481 e. The molecule has 0 bridgehead atoms. The summed E-state index contributed by atoms with van der Waals surface area (Å²) in [6.45, 7) is -2.28. The van der Waals surface area contributed by atoms with Crippen LogP contribution in [0, 0.1) is 0 Å². The molecule has 360 valence electrons. The summed E-state index contributed by atoms with van der Waals surface area (Å²) in [4.78, 5) is 115. The third-order valence-corrected chi connectivity index (χ3v) is 12.9. The number of carbonyl (C=O) groups excluding carboxylic acids is 6. The number of hydrogen-bond acceptors (Lipinski definition) is 25. The van der Waals surface area contributed by atoms with Crippen LogP contribution in [-0.4, -0.2) is 164 Å². The number of rotatable bonds is 20. The second-order valence-corrected chi connectivity index (χ2v) is 17.0. The molecule has 0 saturated carbocycles. The van der Waals surface area contributed by atoms with Gasteiger partial charge in [0.1, 0.15) is 42.1 Å². The van der Waals surface area contributed by atoms with E-state index in [0.29, 0.717) is 0 Å². The van der Waals surface area contributed by atoms with E-state index in [0.717, 1.165) is 49.5 Å². The quantitative estimate of drug-likeness (QED) is 0.0288. The van der Waals surface area contributed by atoms with E-state index in [4.69, 9.17) is 28.0 Å². The van der Waals surface area contributed by atoms with Gasteiger partial charge in [0.2, 0.25) is 11.4 Å². The molecular formula is C38H41N7O19S3. The highest BCUT2D eigenvalue weighted by Gasteiger charge is 2.42. The monoisotopic (exact) mass is 995 g/mol. The number of esters is 4. The molecule has 0 aliphatic carbocycles. The van der Waals surface area contributed by atoms with Crippen molar-refractivity contribution in [2.24, 2.45) is 10.3 Å². The number of nitrogens with zero attached hydrogens (tertiary/aromatic N) is 2. The van der Waals surface area contributed by atoms with Crippen LogP contribution < -0.4 is 26.6 Å². The highest BCUT2D eigenvalue weighted by Crippen LogP contribution is 2.29. The molecule has 0 aromatic carbocycles. The lowest BCUT2D eigenvalue weighted by Crippen LogP contribution is -2.57. The number of carboxylic acids is 2. The van der Waals surface area contributed by atoms with Gasteiger partial charge in [-0.15, -0.1) is 35.3 Å². The molecule has 2 aromatic heterocycles. The summed E-state index contributed by atoms with van der Waals surface area (Å²) in [5.74, 6) is -11.4. The predicted molar refractivity (Wildman–Crippen MR) is 231 cm³/mol. The Morgan fingerprint density at radius 2 is 1.10 bits per heavy atom. The maximum Gasteiger partial charge on any atom is 0.362 e. The standard InChI is InChI=1S/C38H41N7O19S3/c1-59-44-26(19-5-3-7-61-19)30(51)40-28(34(53)54)32-42-24(17(11-47)14-66-32)36(56)63-37(57)25-18(12-48)15-67-33(43-25)29(41-31(52)27(45-60-2)20-6-4-8-62-20)38(58)64-35(55)23-16(10-46)13-65-21(39-23)9-22(49)50/h3-8,21,28-29,32-33,39,42-43,46-48H,9-15H2,1-2H3,(H,40,51)(H,41,52)(H,49,50)(H,53,54)/b44-26-,45-27-/t21-,28+,29+,32-,33-/m1/s1. The molecule has 67 heavy (non-hydrogen) atoms. The van der Waals surface area contributed by atoms with Crippen LogP contribution in [0.5, 0.6) is 0 Å². The van der Waals surface area contributed by atoms with E-state index in [-0.39, 0.29) is 45.5 Å². The number of aliphatic hydroxyl groups is 3. The van der Waals surface area contributed by atoms with Crippen LogP contribution in [0.2, 0.25) is 0 Å². The molecule has 5 rings (SSSR count). The van der Waals surface area contributed by atoms with E-state index < -0.39 is 131 Å². The first-order valence-electron chi connectivity index (χ1n) is 19.2. The summed E-state index contributed by atoms with van der Waals surface area (Å²) in [6.07, 6.45) is 1.98. The van der Waals surface area contributed by atoms with Gasteiger partial charge in [-0.25, -0.2) is 24.0 Å². The first-order valence-corrected chi connectivity index (χ1v) is 22.3.